The Hall–Kier alpha value is -1.88. The second kappa shape index (κ2) is 5.15. The van der Waals surface area contributed by atoms with Crippen LogP contribution in [0.5, 0.6) is 0 Å². The Bertz CT molecular complexity index is 800. The molecule has 21 heavy (non-hydrogen) atoms. The SMILES string of the molecule is Cc1nn(C)cc1Cn1c(C(C)Cl)nc2c(C)ccnc21. The highest BCUT2D eigenvalue weighted by atomic mass is 35.5. The summed E-state index contributed by atoms with van der Waals surface area (Å²) in [6.45, 7) is 6.67. The number of halogens is 1. The molecule has 0 aliphatic rings. The van der Waals surface area contributed by atoms with Gasteiger partial charge in [0.2, 0.25) is 0 Å². The topological polar surface area (TPSA) is 48.5 Å². The predicted molar refractivity (Wildman–Crippen MR) is 83.6 cm³/mol. The van der Waals surface area contributed by atoms with Gasteiger partial charge in [-0.1, -0.05) is 0 Å². The first-order valence-corrected chi connectivity index (χ1v) is 7.36. The number of nitrogens with zero attached hydrogens (tertiary/aromatic N) is 5. The van der Waals surface area contributed by atoms with Crippen molar-refractivity contribution in [2.24, 2.45) is 7.05 Å². The predicted octanol–water partition coefficient (Wildman–Crippen LogP) is 3.13. The monoisotopic (exact) mass is 303 g/mol. The van der Waals surface area contributed by atoms with E-state index in [9.17, 15) is 0 Å². The second-order valence-electron chi connectivity index (χ2n) is 5.39. The molecule has 1 atom stereocenters. The second-order valence-corrected chi connectivity index (χ2v) is 6.04. The Morgan fingerprint density at radius 2 is 2.10 bits per heavy atom. The average Bonchev–Trinajstić information content (AvgIpc) is 2.93. The number of alkyl halides is 1. The van der Waals surface area contributed by atoms with Crippen LogP contribution in [0.15, 0.2) is 18.5 Å². The number of aryl methyl sites for hydroxylation is 3. The highest BCUT2D eigenvalue weighted by Crippen LogP contribution is 2.26. The van der Waals surface area contributed by atoms with Crippen LogP contribution in [0.3, 0.4) is 0 Å². The zero-order valence-corrected chi connectivity index (χ0v) is 13.4. The van der Waals surface area contributed by atoms with Crippen molar-refractivity contribution in [1.82, 2.24) is 24.3 Å². The Balaban J connectivity index is 2.18. The van der Waals surface area contributed by atoms with E-state index < -0.39 is 0 Å². The van der Waals surface area contributed by atoms with Gasteiger partial charge in [-0.3, -0.25) is 4.68 Å². The summed E-state index contributed by atoms with van der Waals surface area (Å²) < 4.78 is 3.91. The lowest BCUT2D eigenvalue weighted by Gasteiger charge is -2.09. The molecule has 0 saturated heterocycles. The molecule has 0 N–H and O–H groups in total. The molecule has 0 radical (unpaired) electrons. The first kappa shape index (κ1) is 14.1. The molecular weight excluding hydrogens is 286 g/mol. The molecule has 6 heteroatoms. The van der Waals surface area contributed by atoms with Crippen molar-refractivity contribution in [3.05, 3.63) is 41.1 Å². The maximum Gasteiger partial charge on any atom is 0.160 e. The van der Waals surface area contributed by atoms with Gasteiger partial charge in [-0.15, -0.1) is 11.6 Å². The largest absolute Gasteiger partial charge is 0.307 e. The summed E-state index contributed by atoms with van der Waals surface area (Å²) in [6, 6.07) is 1.97. The molecule has 5 nitrogen and oxygen atoms in total. The summed E-state index contributed by atoms with van der Waals surface area (Å²) in [5.41, 5.74) is 5.07. The number of hydrogen-bond donors (Lipinski definition) is 0. The summed E-state index contributed by atoms with van der Waals surface area (Å²) in [5.74, 6) is 0.844. The van der Waals surface area contributed by atoms with Crippen molar-refractivity contribution in [2.45, 2.75) is 32.7 Å². The standard InChI is InChI=1S/C15H18ClN5/c1-9-5-6-17-15-13(9)18-14(10(2)16)21(15)8-12-7-20(4)19-11(12)3/h5-7,10H,8H2,1-4H3. The number of rotatable bonds is 3. The lowest BCUT2D eigenvalue weighted by atomic mass is 10.2. The molecule has 1 unspecified atom stereocenters. The van der Waals surface area contributed by atoms with Crippen molar-refractivity contribution in [2.75, 3.05) is 0 Å². The summed E-state index contributed by atoms with van der Waals surface area (Å²) in [4.78, 5) is 9.18. The molecule has 3 rings (SSSR count). The maximum atomic E-state index is 6.31. The van der Waals surface area contributed by atoms with Gasteiger partial charge in [0, 0.05) is 25.0 Å². The number of hydrogen-bond acceptors (Lipinski definition) is 3. The van der Waals surface area contributed by atoms with Gasteiger partial charge in [-0.05, 0) is 32.4 Å². The van der Waals surface area contributed by atoms with Gasteiger partial charge >= 0.3 is 0 Å². The molecule has 0 aliphatic heterocycles. The first-order valence-electron chi connectivity index (χ1n) is 6.92. The van der Waals surface area contributed by atoms with Crippen molar-refractivity contribution < 1.29 is 0 Å². The van der Waals surface area contributed by atoms with Gasteiger partial charge in [-0.2, -0.15) is 5.10 Å². The molecule has 0 aliphatic carbocycles. The maximum absolute atomic E-state index is 6.31. The van der Waals surface area contributed by atoms with E-state index in [1.165, 1.54) is 0 Å². The van der Waals surface area contributed by atoms with Crippen LogP contribution in [0.4, 0.5) is 0 Å². The third-order valence-electron chi connectivity index (χ3n) is 3.66. The van der Waals surface area contributed by atoms with Crippen LogP contribution in [0.25, 0.3) is 11.2 Å². The lowest BCUT2D eigenvalue weighted by Crippen LogP contribution is -2.07. The Labute approximate surface area is 128 Å². The highest BCUT2D eigenvalue weighted by molar-refractivity contribution is 6.20. The Morgan fingerprint density at radius 3 is 2.71 bits per heavy atom. The van der Waals surface area contributed by atoms with Crippen molar-refractivity contribution >= 4 is 22.8 Å². The van der Waals surface area contributed by atoms with Crippen LogP contribution < -0.4 is 0 Å². The van der Waals surface area contributed by atoms with E-state index >= 15 is 0 Å². The van der Waals surface area contributed by atoms with Crippen LogP contribution in [-0.2, 0) is 13.6 Å². The van der Waals surface area contributed by atoms with E-state index in [1.54, 1.807) is 0 Å². The fraction of sp³-hybridized carbons (Fsp3) is 0.400. The van der Waals surface area contributed by atoms with Crippen LogP contribution in [0.1, 0.15) is 34.9 Å². The third-order valence-corrected chi connectivity index (χ3v) is 3.86. The third kappa shape index (κ3) is 2.42. The summed E-state index contributed by atoms with van der Waals surface area (Å²) >= 11 is 6.31. The van der Waals surface area contributed by atoms with E-state index in [0.717, 1.165) is 33.8 Å². The van der Waals surface area contributed by atoms with Crippen molar-refractivity contribution in [1.29, 1.82) is 0 Å². The first-order chi connectivity index (χ1) is 9.97. The van der Waals surface area contributed by atoms with Gasteiger partial charge in [0.25, 0.3) is 0 Å². The number of imidazole rings is 1. The molecule has 0 fully saturated rings. The van der Waals surface area contributed by atoms with Crippen molar-refractivity contribution in [3.8, 4) is 0 Å². The summed E-state index contributed by atoms with van der Waals surface area (Å²) in [5, 5.41) is 4.22. The van der Waals surface area contributed by atoms with Gasteiger partial charge < -0.3 is 4.57 Å². The highest BCUT2D eigenvalue weighted by Gasteiger charge is 2.18. The van der Waals surface area contributed by atoms with Gasteiger partial charge in [0.05, 0.1) is 17.6 Å². The zero-order valence-electron chi connectivity index (χ0n) is 12.6. The molecule has 0 amide bonds. The fourth-order valence-corrected chi connectivity index (χ4v) is 2.76. The van der Waals surface area contributed by atoms with Crippen LogP contribution in [0, 0.1) is 13.8 Å². The summed E-state index contributed by atoms with van der Waals surface area (Å²) in [6.07, 6.45) is 3.84. The van der Waals surface area contributed by atoms with E-state index in [-0.39, 0.29) is 5.38 Å². The molecule has 0 aromatic carbocycles. The molecule has 3 aromatic rings. The van der Waals surface area contributed by atoms with Crippen LogP contribution in [0.2, 0.25) is 0 Å². The molecule has 3 heterocycles. The van der Waals surface area contributed by atoms with E-state index in [1.807, 2.05) is 51.0 Å². The normalized spacial score (nSPS) is 13.0. The molecule has 3 aromatic heterocycles. The molecule has 110 valence electrons. The summed E-state index contributed by atoms with van der Waals surface area (Å²) in [7, 11) is 1.93. The molecule has 0 bridgehead atoms. The molecule has 0 saturated carbocycles. The number of pyridine rings is 1. The molecule has 0 spiro atoms. The minimum absolute atomic E-state index is 0.171. The quantitative estimate of drug-likeness (QED) is 0.698. The Kier molecular flexibility index (Phi) is 3.45. The molecular formula is C15H18ClN5. The minimum Gasteiger partial charge on any atom is -0.307 e. The zero-order chi connectivity index (χ0) is 15.1. The fourth-order valence-electron chi connectivity index (χ4n) is 2.59. The van der Waals surface area contributed by atoms with Crippen LogP contribution in [-0.4, -0.2) is 24.3 Å². The minimum atomic E-state index is -0.171. The average molecular weight is 304 g/mol. The van der Waals surface area contributed by atoms with Gasteiger partial charge in [-0.25, -0.2) is 9.97 Å². The van der Waals surface area contributed by atoms with Gasteiger partial charge in [0.15, 0.2) is 5.65 Å². The van der Waals surface area contributed by atoms with E-state index in [4.69, 9.17) is 11.6 Å². The smallest absolute Gasteiger partial charge is 0.160 e. The van der Waals surface area contributed by atoms with E-state index in [2.05, 4.69) is 19.6 Å². The number of fused-ring (bicyclic) bond motifs is 1. The number of aromatic nitrogens is 5. The van der Waals surface area contributed by atoms with Crippen LogP contribution >= 0.6 is 11.6 Å². The van der Waals surface area contributed by atoms with Gasteiger partial charge in [0.1, 0.15) is 11.3 Å². The lowest BCUT2D eigenvalue weighted by molar-refractivity contribution is 0.732. The van der Waals surface area contributed by atoms with Crippen molar-refractivity contribution in [3.63, 3.8) is 0 Å². The Morgan fingerprint density at radius 1 is 1.33 bits per heavy atom. The van der Waals surface area contributed by atoms with E-state index in [0.29, 0.717) is 6.54 Å².